The van der Waals surface area contributed by atoms with Crippen molar-refractivity contribution in [2.75, 3.05) is 13.1 Å². The third-order valence-corrected chi connectivity index (χ3v) is 3.65. The molecule has 0 spiro atoms. The van der Waals surface area contributed by atoms with Crippen LogP contribution in [0.25, 0.3) is 5.65 Å². The van der Waals surface area contributed by atoms with Gasteiger partial charge in [-0.3, -0.25) is 9.69 Å². The molecule has 1 unspecified atom stereocenters. The lowest BCUT2D eigenvalue weighted by molar-refractivity contribution is -0.143. The Morgan fingerprint density at radius 2 is 2.37 bits per heavy atom. The molecule has 3 rings (SSSR count). The second-order valence-corrected chi connectivity index (χ2v) is 5.11. The zero-order valence-electron chi connectivity index (χ0n) is 10.7. The standard InChI is InChI=1S/C14H17N3O2/c18-14(19)11-4-3-6-16(8-11)9-12-10-17-7-2-1-5-13(17)15-12/h1-2,5,7,10-11H,3-4,6,8-9H2,(H,18,19). The Labute approximate surface area is 111 Å². The van der Waals surface area contributed by atoms with Crippen LogP contribution in [-0.4, -0.2) is 38.4 Å². The molecule has 19 heavy (non-hydrogen) atoms. The maximum Gasteiger partial charge on any atom is 0.307 e. The van der Waals surface area contributed by atoms with Crippen molar-refractivity contribution in [1.29, 1.82) is 0 Å². The van der Waals surface area contributed by atoms with Crippen LogP contribution < -0.4 is 0 Å². The molecular weight excluding hydrogens is 242 g/mol. The fraction of sp³-hybridized carbons (Fsp3) is 0.429. The summed E-state index contributed by atoms with van der Waals surface area (Å²) in [6, 6.07) is 5.91. The number of hydrogen-bond acceptors (Lipinski definition) is 3. The highest BCUT2D eigenvalue weighted by molar-refractivity contribution is 5.70. The number of likely N-dealkylation sites (tertiary alicyclic amines) is 1. The highest BCUT2D eigenvalue weighted by Gasteiger charge is 2.25. The maximum absolute atomic E-state index is 11.0. The molecule has 1 atom stereocenters. The first-order valence-electron chi connectivity index (χ1n) is 6.60. The van der Waals surface area contributed by atoms with Crippen molar-refractivity contribution in [3.8, 4) is 0 Å². The van der Waals surface area contributed by atoms with Gasteiger partial charge in [-0.25, -0.2) is 4.98 Å². The van der Waals surface area contributed by atoms with E-state index in [2.05, 4.69) is 9.88 Å². The van der Waals surface area contributed by atoms with E-state index in [0.717, 1.165) is 37.3 Å². The molecule has 1 aliphatic heterocycles. The maximum atomic E-state index is 11.0. The Balaban J connectivity index is 1.72. The highest BCUT2D eigenvalue weighted by atomic mass is 16.4. The van der Waals surface area contributed by atoms with E-state index in [9.17, 15) is 4.79 Å². The van der Waals surface area contributed by atoms with Gasteiger partial charge in [-0.1, -0.05) is 6.07 Å². The molecule has 0 radical (unpaired) electrons. The van der Waals surface area contributed by atoms with Gasteiger partial charge in [-0.2, -0.15) is 0 Å². The Morgan fingerprint density at radius 1 is 1.47 bits per heavy atom. The summed E-state index contributed by atoms with van der Waals surface area (Å²) >= 11 is 0. The van der Waals surface area contributed by atoms with Crippen molar-refractivity contribution < 1.29 is 9.90 Å². The van der Waals surface area contributed by atoms with E-state index in [4.69, 9.17) is 5.11 Å². The van der Waals surface area contributed by atoms with Crippen LogP contribution in [0.1, 0.15) is 18.5 Å². The number of imidazole rings is 1. The molecule has 3 heterocycles. The topological polar surface area (TPSA) is 57.8 Å². The minimum atomic E-state index is -0.681. The van der Waals surface area contributed by atoms with Gasteiger partial charge < -0.3 is 9.51 Å². The van der Waals surface area contributed by atoms with Gasteiger partial charge >= 0.3 is 5.97 Å². The number of hydrogen-bond donors (Lipinski definition) is 1. The molecule has 100 valence electrons. The number of pyridine rings is 1. The zero-order chi connectivity index (χ0) is 13.2. The minimum absolute atomic E-state index is 0.231. The number of aliphatic carboxylic acids is 1. The summed E-state index contributed by atoms with van der Waals surface area (Å²) in [6.07, 6.45) is 5.73. The molecule has 1 aliphatic rings. The number of aromatic nitrogens is 2. The van der Waals surface area contributed by atoms with Crippen LogP contribution in [0.5, 0.6) is 0 Å². The molecule has 2 aromatic heterocycles. The first-order valence-corrected chi connectivity index (χ1v) is 6.60. The molecular formula is C14H17N3O2. The largest absolute Gasteiger partial charge is 0.481 e. The second kappa shape index (κ2) is 5.01. The average Bonchev–Trinajstić information content (AvgIpc) is 2.81. The Bertz CT molecular complexity index is 560. The van der Waals surface area contributed by atoms with Crippen molar-refractivity contribution in [2.45, 2.75) is 19.4 Å². The van der Waals surface area contributed by atoms with E-state index in [1.54, 1.807) is 0 Å². The summed E-state index contributed by atoms with van der Waals surface area (Å²) in [5.41, 5.74) is 1.93. The van der Waals surface area contributed by atoms with E-state index < -0.39 is 5.97 Å². The Hall–Kier alpha value is -1.88. The zero-order valence-corrected chi connectivity index (χ0v) is 10.7. The molecule has 1 fully saturated rings. The first-order chi connectivity index (χ1) is 9.22. The third kappa shape index (κ3) is 2.61. The summed E-state index contributed by atoms with van der Waals surface area (Å²) in [5, 5.41) is 9.09. The van der Waals surface area contributed by atoms with E-state index in [1.807, 2.05) is 35.0 Å². The van der Waals surface area contributed by atoms with Gasteiger partial charge in [0.2, 0.25) is 0 Å². The predicted molar refractivity (Wildman–Crippen MR) is 70.8 cm³/mol. The molecule has 0 amide bonds. The lowest BCUT2D eigenvalue weighted by Crippen LogP contribution is -2.38. The van der Waals surface area contributed by atoms with Crippen molar-refractivity contribution in [2.24, 2.45) is 5.92 Å². The Kier molecular flexibility index (Phi) is 3.21. The highest BCUT2D eigenvalue weighted by Crippen LogP contribution is 2.18. The first kappa shape index (κ1) is 12.2. The van der Waals surface area contributed by atoms with Gasteiger partial charge in [0.15, 0.2) is 0 Å². The van der Waals surface area contributed by atoms with Gasteiger partial charge in [0, 0.05) is 25.5 Å². The summed E-state index contributed by atoms with van der Waals surface area (Å²) in [4.78, 5) is 17.8. The van der Waals surface area contributed by atoms with E-state index in [0.29, 0.717) is 6.54 Å². The smallest absolute Gasteiger partial charge is 0.307 e. The van der Waals surface area contributed by atoms with Gasteiger partial charge in [0.1, 0.15) is 5.65 Å². The van der Waals surface area contributed by atoms with Crippen LogP contribution >= 0.6 is 0 Å². The van der Waals surface area contributed by atoms with Crippen LogP contribution in [0, 0.1) is 5.92 Å². The number of carbonyl (C=O) groups is 1. The van der Waals surface area contributed by atoms with Crippen LogP contribution in [0.3, 0.4) is 0 Å². The summed E-state index contributed by atoms with van der Waals surface area (Å²) < 4.78 is 1.99. The monoisotopic (exact) mass is 259 g/mol. The number of fused-ring (bicyclic) bond motifs is 1. The normalized spacial score (nSPS) is 20.7. The fourth-order valence-electron chi connectivity index (χ4n) is 2.69. The summed E-state index contributed by atoms with van der Waals surface area (Å²) in [7, 11) is 0. The lowest BCUT2D eigenvalue weighted by atomic mass is 9.98. The molecule has 0 bridgehead atoms. The van der Waals surface area contributed by atoms with Crippen molar-refractivity contribution in [1.82, 2.24) is 14.3 Å². The molecule has 5 heteroatoms. The molecule has 1 N–H and O–H groups in total. The molecule has 0 saturated carbocycles. The van der Waals surface area contributed by atoms with Crippen LogP contribution in [0.4, 0.5) is 0 Å². The number of rotatable bonds is 3. The SMILES string of the molecule is O=C(O)C1CCCN(Cc2cn3ccccc3n2)C1. The molecule has 1 saturated heterocycles. The van der Waals surface area contributed by atoms with Gasteiger partial charge in [0.05, 0.1) is 11.6 Å². The number of nitrogens with zero attached hydrogens (tertiary/aromatic N) is 3. The van der Waals surface area contributed by atoms with Gasteiger partial charge in [-0.15, -0.1) is 0 Å². The average molecular weight is 259 g/mol. The van der Waals surface area contributed by atoms with Crippen LogP contribution in [-0.2, 0) is 11.3 Å². The lowest BCUT2D eigenvalue weighted by Gasteiger charge is -2.29. The quantitative estimate of drug-likeness (QED) is 0.910. The summed E-state index contributed by atoms with van der Waals surface area (Å²) in [6.45, 7) is 2.31. The molecule has 2 aromatic rings. The van der Waals surface area contributed by atoms with Crippen molar-refractivity contribution >= 4 is 11.6 Å². The number of carboxylic acid groups (broad SMARTS) is 1. The van der Waals surface area contributed by atoms with Gasteiger partial charge in [0.25, 0.3) is 0 Å². The van der Waals surface area contributed by atoms with E-state index in [1.165, 1.54) is 0 Å². The molecule has 5 nitrogen and oxygen atoms in total. The minimum Gasteiger partial charge on any atom is -0.481 e. The van der Waals surface area contributed by atoms with Crippen LogP contribution in [0.15, 0.2) is 30.6 Å². The second-order valence-electron chi connectivity index (χ2n) is 5.11. The summed E-state index contributed by atoms with van der Waals surface area (Å²) in [5.74, 6) is -0.912. The fourth-order valence-corrected chi connectivity index (χ4v) is 2.69. The number of carboxylic acids is 1. The van der Waals surface area contributed by atoms with E-state index >= 15 is 0 Å². The predicted octanol–water partition coefficient (Wildman–Crippen LogP) is 1.63. The molecule has 0 aromatic carbocycles. The Morgan fingerprint density at radius 3 is 3.16 bits per heavy atom. The van der Waals surface area contributed by atoms with Crippen molar-refractivity contribution in [3.05, 3.63) is 36.3 Å². The van der Waals surface area contributed by atoms with Crippen LogP contribution in [0.2, 0.25) is 0 Å². The third-order valence-electron chi connectivity index (χ3n) is 3.65. The van der Waals surface area contributed by atoms with Gasteiger partial charge in [-0.05, 0) is 31.5 Å². The number of piperidine rings is 1. The van der Waals surface area contributed by atoms with E-state index in [-0.39, 0.29) is 5.92 Å². The molecule has 0 aliphatic carbocycles. The van der Waals surface area contributed by atoms with Crippen molar-refractivity contribution in [3.63, 3.8) is 0 Å².